The molecule has 0 fully saturated rings. The standard InChI is InChI=1S/C10H17N3O2/c1-3-11-7-8-15-10-12-6-5-9(13-10)14-4-2/h5-6,11H,3-4,7-8H2,1-2H3. The van der Waals surface area contributed by atoms with E-state index in [2.05, 4.69) is 15.3 Å². The first-order valence-electron chi connectivity index (χ1n) is 5.16. The van der Waals surface area contributed by atoms with E-state index in [0.29, 0.717) is 25.1 Å². The van der Waals surface area contributed by atoms with E-state index in [1.54, 1.807) is 12.3 Å². The minimum absolute atomic E-state index is 0.360. The van der Waals surface area contributed by atoms with Crippen molar-refractivity contribution in [1.82, 2.24) is 15.3 Å². The van der Waals surface area contributed by atoms with E-state index in [4.69, 9.17) is 9.47 Å². The Morgan fingerprint density at radius 3 is 2.93 bits per heavy atom. The number of nitrogens with one attached hydrogen (secondary N) is 1. The molecule has 1 heterocycles. The minimum Gasteiger partial charge on any atom is -0.478 e. The smallest absolute Gasteiger partial charge is 0.319 e. The van der Waals surface area contributed by atoms with Gasteiger partial charge in [0.25, 0.3) is 0 Å². The highest BCUT2D eigenvalue weighted by atomic mass is 16.5. The van der Waals surface area contributed by atoms with Crippen LogP contribution in [0.1, 0.15) is 13.8 Å². The number of likely N-dealkylation sites (N-methyl/N-ethyl adjacent to an activating group) is 1. The summed E-state index contributed by atoms with van der Waals surface area (Å²) in [6.45, 7) is 6.83. The first-order chi connectivity index (χ1) is 7.36. The van der Waals surface area contributed by atoms with Crippen LogP contribution in [0.25, 0.3) is 0 Å². The van der Waals surface area contributed by atoms with Gasteiger partial charge in [-0.05, 0) is 13.5 Å². The summed E-state index contributed by atoms with van der Waals surface area (Å²) in [6.07, 6.45) is 1.63. The molecule has 1 N–H and O–H groups in total. The number of aromatic nitrogens is 2. The van der Waals surface area contributed by atoms with Crippen LogP contribution in [0.3, 0.4) is 0 Å². The first-order valence-corrected chi connectivity index (χ1v) is 5.16. The third-order valence-electron chi connectivity index (χ3n) is 1.66. The highest BCUT2D eigenvalue weighted by Crippen LogP contribution is 2.09. The van der Waals surface area contributed by atoms with Gasteiger partial charge in [0.05, 0.1) is 6.61 Å². The van der Waals surface area contributed by atoms with E-state index in [0.717, 1.165) is 13.1 Å². The summed E-state index contributed by atoms with van der Waals surface area (Å²) in [6, 6.07) is 2.07. The summed E-state index contributed by atoms with van der Waals surface area (Å²) in [7, 11) is 0. The number of nitrogens with zero attached hydrogens (tertiary/aromatic N) is 2. The fraction of sp³-hybridized carbons (Fsp3) is 0.600. The average Bonchev–Trinajstić information content (AvgIpc) is 2.26. The quantitative estimate of drug-likeness (QED) is 0.678. The molecule has 0 aliphatic rings. The normalized spacial score (nSPS) is 10.0. The molecule has 0 aliphatic heterocycles. The van der Waals surface area contributed by atoms with Gasteiger partial charge in [0.2, 0.25) is 5.88 Å². The Bertz CT molecular complexity index is 281. The van der Waals surface area contributed by atoms with E-state index in [-0.39, 0.29) is 0 Å². The molecule has 15 heavy (non-hydrogen) atoms. The largest absolute Gasteiger partial charge is 0.478 e. The van der Waals surface area contributed by atoms with Crippen LogP contribution >= 0.6 is 0 Å². The molecule has 1 rings (SSSR count). The Labute approximate surface area is 89.8 Å². The number of rotatable bonds is 7. The molecule has 0 saturated heterocycles. The van der Waals surface area contributed by atoms with Crippen LogP contribution in [0.2, 0.25) is 0 Å². The Balaban J connectivity index is 2.36. The van der Waals surface area contributed by atoms with Crippen molar-refractivity contribution in [3.63, 3.8) is 0 Å². The molecule has 84 valence electrons. The molecule has 0 bridgehead atoms. The molecule has 0 aromatic carbocycles. The van der Waals surface area contributed by atoms with Crippen LogP contribution in [0.5, 0.6) is 11.9 Å². The summed E-state index contributed by atoms with van der Waals surface area (Å²) in [5, 5.41) is 3.15. The topological polar surface area (TPSA) is 56.3 Å². The predicted octanol–water partition coefficient (Wildman–Crippen LogP) is 0.864. The maximum Gasteiger partial charge on any atom is 0.319 e. The van der Waals surface area contributed by atoms with Gasteiger partial charge in [-0.1, -0.05) is 6.92 Å². The van der Waals surface area contributed by atoms with Crippen molar-refractivity contribution >= 4 is 0 Å². The van der Waals surface area contributed by atoms with Crippen molar-refractivity contribution in [3.05, 3.63) is 12.3 Å². The average molecular weight is 211 g/mol. The highest BCUT2D eigenvalue weighted by Gasteiger charge is 1.99. The molecule has 0 spiro atoms. The Morgan fingerprint density at radius 2 is 2.20 bits per heavy atom. The highest BCUT2D eigenvalue weighted by molar-refractivity contribution is 5.10. The fourth-order valence-corrected chi connectivity index (χ4v) is 1.01. The lowest BCUT2D eigenvalue weighted by molar-refractivity contribution is 0.275. The Hall–Kier alpha value is -1.36. The van der Waals surface area contributed by atoms with Crippen LogP contribution < -0.4 is 14.8 Å². The van der Waals surface area contributed by atoms with Crippen LogP contribution in [0.4, 0.5) is 0 Å². The van der Waals surface area contributed by atoms with Gasteiger partial charge < -0.3 is 14.8 Å². The van der Waals surface area contributed by atoms with Crippen LogP contribution in [0.15, 0.2) is 12.3 Å². The maximum atomic E-state index is 5.33. The summed E-state index contributed by atoms with van der Waals surface area (Å²) < 4.78 is 10.6. The lowest BCUT2D eigenvalue weighted by Gasteiger charge is -2.06. The lowest BCUT2D eigenvalue weighted by Crippen LogP contribution is -2.20. The molecule has 1 aromatic rings. The third kappa shape index (κ3) is 4.60. The van der Waals surface area contributed by atoms with Gasteiger partial charge >= 0.3 is 6.01 Å². The second kappa shape index (κ2) is 7.00. The third-order valence-corrected chi connectivity index (χ3v) is 1.66. The van der Waals surface area contributed by atoms with Gasteiger partial charge in [-0.3, -0.25) is 0 Å². The van der Waals surface area contributed by atoms with E-state index < -0.39 is 0 Å². The Kier molecular flexibility index (Phi) is 5.47. The monoisotopic (exact) mass is 211 g/mol. The van der Waals surface area contributed by atoms with Gasteiger partial charge in [-0.15, -0.1) is 0 Å². The van der Waals surface area contributed by atoms with Crippen molar-refractivity contribution in [2.24, 2.45) is 0 Å². The molecule has 0 aliphatic carbocycles. The van der Waals surface area contributed by atoms with Gasteiger partial charge in [-0.25, -0.2) is 4.98 Å². The summed E-state index contributed by atoms with van der Waals surface area (Å²) in [5.41, 5.74) is 0. The molecular weight excluding hydrogens is 194 g/mol. The number of hydrogen-bond acceptors (Lipinski definition) is 5. The molecule has 5 nitrogen and oxygen atoms in total. The summed E-state index contributed by atoms with van der Waals surface area (Å²) in [4.78, 5) is 8.05. The van der Waals surface area contributed by atoms with E-state index in [1.165, 1.54) is 0 Å². The number of hydrogen-bond donors (Lipinski definition) is 1. The van der Waals surface area contributed by atoms with Crippen molar-refractivity contribution in [2.75, 3.05) is 26.3 Å². The van der Waals surface area contributed by atoms with Crippen LogP contribution in [-0.4, -0.2) is 36.3 Å². The predicted molar refractivity (Wildman–Crippen MR) is 57.2 cm³/mol. The molecule has 1 aromatic heterocycles. The summed E-state index contributed by atoms with van der Waals surface area (Å²) >= 11 is 0. The van der Waals surface area contributed by atoms with Gasteiger partial charge in [0.15, 0.2) is 0 Å². The van der Waals surface area contributed by atoms with E-state index >= 15 is 0 Å². The van der Waals surface area contributed by atoms with Crippen molar-refractivity contribution in [3.8, 4) is 11.9 Å². The van der Waals surface area contributed by atoms with Gasteiger partial charge in [-0.2, -0.15) is 4.98 Å². The SMILES string of the molecule is CCNCCOc1nccc(OCC)n1. The maximum absolute atomic E-state index is 5.33. The van der Waals surface area contributed by atoms with Crippen LogP contribution in [-0.2, 0) is 0 Å². The van der Waals surface area contributed by atoms with Crippen molar-refractivity contribution in [2.45, 2.75) is 13.8 Å². The molecule has 0 saturated carbocycles. The van der Waals surface area contributed by atoms with Crippen LogP contribution in [0, 0.1) is 0 Å². The molecule has 0 atom stereocenters. The second-order valence-corrected chi connectivity index (χ2v) is 2.81. The van der Waals surface area contributed by atoms with E-state index in [1.807, 2.05) is 13.8 Å². The van der Waals surface area contributed by atoms with Gasteiger partial charge in [0.1, 0.15) is 6.61 Å². The zero-order chi connectivity index (χ0) is 10.9. The minimum atomic E-state index is 0.360. The molecule has 0 amide bonds. The number of ether oxygens (including phenoxy) is 2. The second-order valence-electron chi connectivity index (χ2n) is 2.81. The van der Waals surface area contributed by atoms with Crippen molar-refractivity contribution < 1.29 is 9.47 Å². The zero-order valence-corrected chi connectivity index (χ0v) is 9.19. The fourth-order valence-electron chi connectivity index (χ4n) is 1.01. The van der Waals surface area contributed by atoms with E-state index in [9.17, 15) is 0 Å². The van der Waals surface area contributed by atoms with Crippen molar-refractivity contribution in [1.29, 1.82) is 0 Å². The first kappa shape index (κ1) is 11.7. The lowest BCUT2D eigenvalue weighted by atomic mass is 10.6. The Morgan fingerprint density at radius 1 is 1.33 bits per heavy atom. The summed E-state index contributed by atoms with van der Waals surface area (Å²) in [5.74, 6) is 0.547. The molecular formula is C10H17N3O2. The molecule has 0 radical (unpaired) electrons. The molecule has 5 heteroatoms. The van der Waals surface area contributed by atoms with Gasteiger partial charge in [0, 0.05) is 18.8 Å². The zero-order valence-electron chi connectivity index (χ0n) is 9.19. The molecule has 0 unspecified atom stereocenters.